The Hall–Kier alpha value is -1.37. The van der Waals surface area contributed by atoms with E-state index in [-0.39, 0.29) is 5.92 Å². The Morgan fingerprint density at radius 3 is 2.50 bits per heavy atom. The van der Waals surface area contributed by atoms with Gasteiger partial charge in [-0.3, -0.25) is 4.79 Å². The molecule has 0 saturated heterocycles. The van der Waals surface area contributed by atoms with Crippen molar-refractivity contribution in [3.8, 4) is 0 Å². The molecule has 0 bridgehead atoms. The van der Waals surface area contributed by atoms with E-state index in [1.807, 2.05) is 36.4 Å². The number of Topliss-reactive ketones (excluding diaryl/α,β-unsaturated/α-hetero) is 1. The quantitative estimate of drug-likeness (QED) is 0.566. The summed E-state index contributed by atoms with van der Waals surface area (Å²) in [5.41, 5.74) is 0.849. The predicted octanol–water partition coefficient (Wildman–Crippen LogP) is 4.35. The van der Waals surface area contributed by atoms with Gasteiger partial charge in [-0.2, -0.15) is 0 Å². The van der Waals surface area contributed by atoms with E-state index in [9.17, 15) is 4.79 Å². The van der Waals surface area contributed by atoms with Gasteiger partial charge in [-0.05, 0) is 30.6 Å². The van der Waals surface area contributed by atoms with Crippen molar-refractivity contribution >= 4 is 5.78 Å². The van der Waals surface area contributed by atoms with Crippen LogP contribution in [0.1, 0.15) is 37.0 Å². The molecule has 0 aliphatic heterocycles. The molecule has 1 saturated carbocycles. The van der Waals surface area contributed by atoms with E-state index in [1.54, 1.807) is 0 Å². The summed E-state index contributed by atoms with van der Waals surface area (Å²) in [6.45, 7) is 8.36. The highest BCUT2D eigenvalue weighted by Crippen LogP contribution is 2.43. The molecule has 3 atom stereocenters. The Morgan fingerprint density at radius 1 is 1.28 bits per heavy atom. The van der Waals surface area contributed by atoms with Crippen molar-refractivity contribution in [2.24, 2.45) is 23.7 Å². The van der Waals surface area contributed by atoms with Gasteiger partial charge < -0.3 is 0 Å². The smallest absolute Gasteiger partial charge is 0.166 e. The first-order valence-electron chi connectivity index (χ1n) is 6.87. The highest BCUT2D eigenvalue weighted by molar-refractivity contribution is 5.98. The highest BCUT2D eigenvalue weighted by Gasteiger charge is 2.40. The van der Waals surface area contributed by atoms with E-state index in [0.717, 1.165) is 18.4 Å². The van der Waals surface area contributed by atoms with Crippen LogP contribution in [0.25, 0.3) is 0 Å². The maximum absolute atomic E-state index is 12.7. The van der Waals surface area contributed by atoms with E-state index < -0.39 is 0 Å². The summed E-state index contributed by atoms with van der Waals surface area (Å²) < 4.78 is 0. The van der Waals surface area contributed by atoms with Crippen LogP contribution in [0.5, 0.6) is 0 Å². The average molecular weight is 242 g/mol. The standard InChI is InChI=1S/C17H22O/c1-4-13-10-11-15(12(2)3)16(13)17(18)14-8-6-5-7-9-14/h4-9,12-13,15-16H,1,10-11H2,2-3H3/t13-,15+,16-/m0/s1. The Kier molecular flexibility index (Phi) is 4.00. The second-order valence-corrected chi connectivity index (χ2v) is 5.64. The molecule has 1 aromatic carbocycles. The van der Waals surface area contributed by atoms with Gasteiger partial charge >= 0.3 is 0 Å². The number of allylic oxidation sites excluding steroid dienone is 1. The average Bonchev–Trinajstić information content (AvgIpc) is 2.82. The highest BCUT2D eigenvalue weighted by atomic mass is 16.1. The summed E-state index contributed by atoms with van der Waals surface area (Å²) in [5.74, 6) is 1.85. The molecule has 0 unspecified atom stereocenters. The van der Waals surface area contributed by atoms with Gasteiger partial charge in [0.05, 0.1) is 0 Å². The van der Waals surface area contributed by atoms with E-state index in [2.05, 4.69) is 20.4 Å². The SMILES string of the molecule is C=C[C@H]1CC[C@H](C(C)C)[C@H]1C(=O)c1ccccc1. The summed E-state index contributed by atoms with van der Waals surface area (Å²) in [4.78, 5) is 12.7. The van der Waals surface area contributed by atoms with Gasteiger partial charge in [0.2, 0.25) is 0 Å². The number of benzene rings is 1. The molecule has 0 radical (unpaired) electrons. The lowest BCUT2D eigenvalue weighted by Gasteiger charge is -2.25. The molecular weight excluding hydrogens is 220 g/mol. The number of ketones is 1. The van der Waals surface area contributed by atoms with Crippen molar-refractivity contribution in [1.82, 2.24) is 0 Å². The van der Waals surface area contributed by atoms with Crippen LogP contribution in [0.4, 0.5) is 0 Å². The number of carbonyl (C=O) groups is 1. The first-order valence-corrected chi connectivity index (χ1v) is 6.87. The molecule has 0 aromatic heterocycles. The molecule has 2 rings (SSSR count). The summed E-state index contributed by atoms with van der Waals surface area (Å²) in [6, 6.07) is 9.69. The first kappa shape index (κ1) is 13.1. The molecular formula is C17H22O. The van der Waals surface area contributed by atoms with Crippen LogP contribution in [0.3, 0.4) is 0 Å². The minimum Gasteiger partial charge on any atom is -0.294 e. The minimum absolute atomic E-state index is 0.130. The molecule has 0 heterocycles. The van der Waals surface area contributed by atoms with Gasteiger partial charge in [0, 0.05) is 11.5 Å². The fourth-order valence-corrected chi connectivity index (χ4v) is 3.26. The summed E-state index contributed by atoms with van der Waals surface area (Å²) in [5, 5.41) is 0. The van der Waals surface area contributed by atoms with Crippen LogP contribution in [0.15, 0.2) is 43.0 Å². The van der Waals surface area contributed by atoms with Crippen LogP contribution in [0, 0.1) is 23.7 Å². The van der Waals surface area contributed by atoms with Crippen molar-refractivity contribution in [2.45, 2.75) is 26.7 Å². The van der Waals surface area contributed by atoms with Crippen LogP contribution in [-0.4, -0.2) is 5.78 Å². The second kappa shape index (κ2) is 5.51. The monoisotopic (exact) mass is 242 g/mol. The zero-order valence-electron chi connectivity index (χ0n) is 11.3. The van der Waals surface area contributed by atoms with Crippen molar-refractivity contribution < 1.29 is 4.79 Å². The largest absolute Gasteiger partial charge is 0.294 e. The van der Waals surface area contributed by atoms with Crippen molar-refractivity contribution in [2.75, 3.05) is 0 Å². The molecule has 1 fully saturated rings. The fraction of sp³-hybridized carbons (Fsp3) is 0.471. The molecule has 96 valence electrons. The molecule has 1 nitrogen and oxygen atoms in total. The van der Waals surface area contributed by atoms with Crippen LogP contribution >= 0.6 is 0 Å². The Labute approximate surface area is 110 Å². The van der Waals surface area contributed by atoms with Crippen molar-refractivity contribution in [3.63, 3.8) is 0 Å². The Morgan fingerprint density at radius 2 is 1.94 bits per heavy atom. The van der Waals surface area contributed by atoms with Crippen LogP contribution < -0.4 is 0 Å². The van der Waals surface area contributed by atoms with E-state index in [4.69, 9.17) is 0 Å². The lowest BCUT2D eigenvalue weighted by atomic mass is 9.78. The van der Waals surface area contributed by atoms with Gasteiger partial charge in [-0.1, -0.05) is 50.3 Å². The van der Waals surface area contributed by atoms with Crippen molar-refractivity contribution in [3.05, 3.63) is 48.6 Å². The molecule has 1 aromatic rings. The fourth-order valence-electron chi connectivity index (χ4n) is 3.26. The maximum atomic E-state index is 12.7. The predicted molar refractivity (Wildman–Crippen MR) is 75.5 cm³/mol. The zero-order chi connectivity index (χ0) is 13.1. The third-order valence-corrected chi connectivity index (χ3v) is 4.28. The van der Waals surface area contributed by atoms with Gasteiger partial charge in [-0.15, -0.1) is 6.58 Å². The molecule has 0 amide bonds. The summed E-state index contributed by atoms with van der Waals surface area (Å²) in [7, 11) is 0. The van der Waals surface area contributed by atoms with Gasteiger partial charge in [0.15, 0.2) is 5.78 Å². The molecule has 1 aliphatic rings. The normalized spacial score (nSPS) is 27.4. The minimum atomic E-state index is 0.130. The zero-order valence-corrected chi connectivity index (χ0v) is 11.3. The van der Waals surface area contributed by atoms with Crippen LogP contribution in [-0.2, 0) is 0 Å². The topological polar surface area (TPSA) is 17.1 Å². The van der Waals surface area contributed by atoms with Gasteiger partial charge in [0.1, 0.15) is 0 Å². The lowest BCUT2D eigenvalue weighted by molar-refractivity contribution is 0.0845. The van der Waals surface area contributed by atoms with Gasteiger partial charge in [-0.25, -0.2) is 0 Å². The van der Waals surface area contributed by atoms with Crippen LogP contribution in [0.2, 0.25) is 0 Å². The third kappa shape index (κ3) is 2.40. The third-order valence-electron chi connectivity index (χ3n) is 4.28. The summed E-state index contributed by atoms with van der Waals surface area (Å²) >= 11 is 0. The molecule has 1 heteroatoms. The Bertz CT molecular complexity index is 418. The molecule has 18 heavy (non-hydrogen) atoms. The molecule has 0 N–H and O–H groups in total. The first-order chi connectivity index (χ1) is 8.65. The number of hydrogen-bond donors (Lipinski definition) is 0. The van der Waals surface area contributed by atoms with E-state index >= 15 is 0 Å². The lowest BCUT2D eigenvalue weighted by Crippen LogP contribution is -2.27. The molecule has 0 spiro atoms. The number of rotatable bonds is 4. The van der Waals surface area contributed by atoms with E-state index in [0.29, 0.717) is 23.5 Å². The number of carbonyl (C=O) groups excluding carboxylic acids is 1. The number of hydrogen-bond acceptors (Lipinski definition) is 1. The summed E-state index contributed by atoms with van der Waals surface area (Å²) in [6.07, 6.45) is 4.24. The van der Waals surface area contributed by atoms with E-state index in [1.165, 1.54) is 0 Å². The van der Waals surface area contributed by atoms with Crippen molar-refractivity contribution in [1.29, 1.82) is 0 Å². The Balaban J connectivity index is 2.28. The second-order valence-electron chi connectivity index (χ2n) is 5.64. The molecule has 1 aliphatic carbocycles. The maximum Gasteiger partial charge on any atom is 0.166 e. The van der Waals surface area contributed by atoms with Gasteiger partial charge in [0.25, 0.3) is 0 Å².